The first-order chi connectivity index (χ1) is 6.98. The molecule has 0 aliphatic heterocycles. The van der Waals surface area contributed by atoms with Gasteiger partial charge in [-0.2, -0.15) is 18.3 Å². The molecule has 3 nitrogen and oxygen atoms in total. The average molecular weight is 254 g/mol. The van der Waals surface area contributed by atoms with Gasteiger partial charge in [-0.1, -0.05) is 0 Å². The standard InChI is InChI=1S/C9H10F3N3.ClH/c10-9(11,12)7-2-1-6(14-15-7)8(5-13)3-4-8;/h1-2H,3-5,13H2;1H. The van der Waals surface area contributed by atoms with E-state index in [2.05, 4.69) is 10.2 Å². The van der Waals surface area contributed by atoms with Gasteiger partial charge in [-0.05, 0) is 25.0 Å². The van der Waals surface area contributed by atoms with Gasteiger partial charge in [-0.3, -0.25) is 0 Å². The number of hydrogen-bond acceptors (Lipinski definition) is 3. The summed E-state index contributed by atoms with van der Waals surface area (Å²) in [6, 6.07) is 2.33. The Morgan fingerprint density at radius 3 is 2.19 bits per heavy atom. The molecular weight excluding hydrogens is 243 g/mol. The van der Waals surface area contributed by atoms with Crippen LogP contribution in [0.4, 0.5) is 13.2 Å². The van der Waals surface area contributed by atoms with Crippen LogP contribution in [-0.2, 0) is 11.6 Å². The van der Waals surface area contributed by atoms with Gasteiger partial charge in [0.25, 0.3) is 0 Å². The van der Waals surface area contributed by atoms with E-state index in [0.717, 1.165) is 18.9 Å². The lowest BCUT2D eigenvalue weighted by Gasteiger charge is -2.11. The third kappa shape index (κ3) is 2.27. The summed E-state index contributed by atoms with van der Waals surface area (Å²) in [4.78, 5) is 0. The molecule has 0 atom stereocenters. The molecule has 1 heterocycles. The Labute approximate surface area is 96.6 Å². The molecule has 0 radical (unpaired) electrons. The molecule has 90 valence electrons. The summed E-state index contributed by atoms with van der Waals surface area (Å²) in [5.41, 5.74) is 4.93. The fraction of sp³-hybridized carbons (Fsp3) is 0.556. The van der Waals surface area contributed by atoms with E-state index in [1.807, 2.05) is 0 Å². The third-order valence-corrected chi connectivity index (χ3v) is 2.74. The molecule has 1 aliphatic rings. The van der Waals surface area contributed by atoms with Gasteiger partial charge < -0.3 is 5.73 Å². The highest BCUT2D eigenvalue weighted by atomic mass is 35.5. The van der Waals surface area contributed by atoms with Crippen molar-refractivity contribution in [2.24, 2.45) is 5.73 Å². The molecule has 0 spiro atoms. The lowest BCUT2D eigenvalue weighted by Crippen LogP contribution is -2.22. The summed E-state index contributed by atoms with van der Waals surface area (Å²) >= 11 is 0. The van der Waals surface area contributed by atoms with Gasteiger partial charge in [0.2, 0.25) is 0 Å². The third-order valence-electron chi connectivity index (χ3n) is 2.74. The highest BCUT2D eigenvalue weighted by Crippen LogP contribution is 2.46. The summed E-state index contributed by atoms with van der Waals surface area (Å²) in [5.74, 6) is 0. The van der Waals surface area contributed by atoms with Gasteiger partial charge in [0.05, 0.1) is 5.69 Å². The van der Waals surface area contributed by atoms with Gasteiger partial charge in [0, 0.05) is 12.0 Å². The van der Waals surface area contributed by atoms with Crippen molar-refractivity contribution in [3.8, 4) is 0 Å². The molecule has 1 aliphatic carbocycles. The molecule has 2 N–H and O–H groups in total. The number of nitrogens with two attached hydrogens (primary N) is 1. The van der Waals surface area contributed by atoms with E-state index in [-0.39, 0.29) is 17.8 Å². The SMILES string of the molecule is Cl.NCC1(c2ccc(C(F)(F)F)nn2)CC1. The molecule has 0 unspecified atom stereocenters. The zero-order valence-corrected chi connectivity index (χ0v) is 9.11. The smallest absolute Gasteiger partial charge is 0.330 e. The highest BCUT2D eigenvalue weighted by molar-refractivity contribution is 5.85. The Bertz CT molecular complexity index is 359. The molecule has 7 heteroatoms. The highest BCUT2D eigenvalue weighted by Gasteiger charge is 2.45. The fourth-order valence-electron chi connectivity index (χ4n) is 1.48. The van der Waals surface area contributed by atoms with E-state index in [4.69, 9.17) is 5.73 Å². The quantitative estimate of drug-likeness (QED) is 0.876. The molecule has 1 aromatic rings. The Morgan fingerprint density at radius 1 is 1.25 bits per heavy atom. The van der Waals surface area contributed by atoms with Crippen LogP contribution in [0.2, 0.25) is 0 Å². The fourth-order valence-corrected chi connectivity index (χ4v) is 1.48. The van der Waals surface area contributed by atoms with Crippen molar-refractivity contribution in [2.45, 2.75) is 24.4 Å². The molecule has 1 saturated carbocycles. The van der Waals surface area contributed by atoms with E-state index in [1.165, 1.54) is 6.07 Å². The molecule has 16 heavy (non-hydrogen) atoms. The number of aromatic nitrogens is 2. The van der Waals surface area contributed by atoms with Gasteiger partial charge in [0.15, 0.2) is 5.69 Å². The van der Waals surface area contributed by atoms with Crippen LogP contribution in [-0.4, -0.2) is 16.7 Å². The minimum atomic E-state index is -4.43. The first-order valence-electron chi connectivity index (χ1n) is 4.59. The van der Waals surface area contributed by atoms with Gasteiger partial charge in [0.1, 0.15) is 0 Å². The molecule has 0 aromatic carbocycles. The monoisotopic (exact) mass is 253 g/mol. The van der Waals surface area contributed by atoms with E-state index in [9.17, 15) is 13.2 Å². The van der Waals surface area contributed by atoms with Gasteiger partial charge in [-0.15, -0.1) is 17.5 Å². The van der Waals surface area contributed by atoms with Crippen molar-refractivity contribution in [1.29, 1.82) is 0 Å². The van der Waals surface area contributed by atoms with Crippen molar-refractivity contribution < 1.29 is 13.2 Å². The van der Waals surface area contributed by atoms with Crippen LogP contribution in [0.25, 0.3) is 0 Å². The first kappa shape index (κ1) is 13.2. The molecule has 0 saturated heterocycles. The average Bonchev–Trinajstić information content (AvgIpc) is 2.97. The molecule has 0 bridgehead atoms. The normalized spacial score (nSPS) is 17.8. The maximum atomic E-state index is 12.2. The second-order valence-corrected chi connectivity index (χ2v) is 3.79. The Hall–Kier alpha value is -0.880. The minimum Gasteiger partial charge on any atom is -0.330 e. The summed E-state index contributed by atoms with van der Waals surface area (Å²) in [5, 5.41) is 6.77. The minimum absolute atomic E-state index is 0. The van der Waals surface area contributed by atoms with Crippen LogP contribution in [0.3, 0.4) is 0 Å². The van der Waals surface area contributed by atoms with Crippen molar-refractivity contribution >= 4 is 12.4 Å². The summed E-state index contributed by atoms with van der Waals surface area (Å²) < 4.78 is 36.6. The first-order valence-corrected chi connectivity index (χ1v) is 4.59. The summed E-state index contributed by atoms with van der Waals surface area (Å²) in [7, 11) is 0. The molecule has 0 amide bonds. The second-order valence-electron chi connectivity index (χ2n) is 3.79. The number of rotatable bonds is 2. The topological polar surface area (TPSA) is 51.8 Å². The maximum Gasteiger partial charge on any atom is 0.435 e. The Morgan fingerprint density at radius 2 is 1.88 bits per heavy atom. The van der Waals surface area contributed by atoms with E-state index < -0.39 is 11.9 Å². The molecule has 1 aromatic heterocycles. The maximum absolute atomic E-state index is 12.2. The van der Waals surface area contributed by atoms with Crippen LogP contribution in [0.5, 0.6) is 0 Å². The lowest BCUT2D eigenvalue weighted by molar-refractivity contribution is -0.141. The van der Waals surface area contributed by atoms with Gasteiger partial charge >= 0.3 is 6.18 Å². The summed E-state index contributed by atoms with van der Waals surface area (Å²) in [6.07, 6.45) is -2.67. The Kier molecular flexibility index (Phi) is 3.44. The van der Waals surface area contributed by atoms with E-state index in [1.54, 1.807) is 0 Å². The molecule has 2 rings (SSSR count). The zero-order valence-electron chi connectivity index (χ0n) is 8.29. The van der Waals surface area contributed by atoms with E-state index in [0.29, 0.717) is 12.2 Å². The lowest BCUT2D eigenvalue weighted by atomic mass is 10.0. The van der Waals surface area contributed by atoms with Crippen LogP contribution in [0, 0.1) is 0 Å². The second kappa shape index (κ2) is 4.18. The predicted molar refractivity (Wildman–Crippen MR) is 54.2 cm³/mol. The Balaban J connectivity index is 0.00000128. The number of hydrogen-bond donors (Lipinski definition) is 1. The van der Waals surface area contributed by atoms with Crippen molar-refractivity contribution in [3.05, 3.63) is 23.5 Å². The molecular formula is C9H11ClF3N3. The number of alkyl halides is 3. The van der Waals surface area contributed by atoms with Crippen LogP contribution in [0.15, 0.2) is 12.1 Å². The molecule has 1 fully saturated rings. The largest absolute Gasteiger partial charge is 0.435 e. The summed E-state index contributed by atoms with van der Waals surface area (Å²) in [6.45, 7) is 0.410. The zero-order chi connectivity index (χ0) is 11.1. The number of nitrogens with zero attached hydrogens (tertiary/aromatic N) is 2. The predicted octanol–water partition coefficient (Wildman–Crippen LogP) is 1.91. The van der Waals surface area contributed by atoms with Crippen LogP contribution < -0.4 is 5.73 Å². The number of halogens is 4. The van der Waals surface area contributed by atoms with Crippen molar-refractivity contribution in [1.82, 2.24) is 10.2 Å². The van der Waals surface area contributed by atoms with E-state index >= 15 is 0 Å². The van der Waals surface area contributed by atoms with Crippen molar-refractivity contribution in [2.75, 3.05) is 6.54 Å². The van der Waals surface area contributed by atoms with Crippen LogP contribution in [0.1, 0.15) is 24.2 Å². The van der Waals surface area contributed by atoms with Gasteiger partial charge in [-0.25, -0.2) is 0 Å². The van der Waals surface area contributed by atoms with Crippen LogP contribution >= 0.6 is 12.4 Å². The van der Waals surface area contributed by atoms with Crippen molar-refractivity contribution in [3.63, 3.8) is 0 Å².